The minimum atomic E-state index is -0.963. The summed E-state index contributed by atoms with van der Waals surface area (Å²) in [6.07, 6.45) is 0.824. The van der Waals surface area contributed by atoms with Crippen molar-refractivity contribution in [1.29, 1.82) is 0 Å². The first kappa shape index (κ1) is 16.3. The van der Waals surface area contributed by atoms with Gasteiger partial charge in [0.05, 0.1) is 16.6 Å². The summed E-state index contributed by atoms with van der Waals surface area (Å²) in [6, 6.07) is 7.22. The number of rotatable bonds is 6. The number of hydrogen-bond donors (Lipinski definition) is 3. The number of amides is 1. The van der Waals surface area contributed by atoms with E-state index in [9.17, 15) is 14.7 Å². The minimum Gasteiger partial charge on any atom is -0.388 e. The van der Waals surface area contributed by atoms with Crippen LogP contribution in [0.2, 0.25) is 0 Å². The first-order valence-electron chi connectivity index (χ1n) is 7.51. The van der Waals surface area contributed by atoms with E-state index in [2.05, 4.69) is 10.3 Å². The lowest BCUT2D eigenvalue weighted by molar-refractivity contribution is -0.123. The van der Waals surface area contributed by atoms with Crippen molar-refractivity contribution < 1.29 is 9.90 Å². The number of H-pyrrole nitrogens is 1. The predicted octanol–water partition coefficient (Wildman–Crippen LogP) is 1.24. The van der Waals surface area contributed by atoms with Crippen molar-refractivity contribution in [2.75, 3.05) is 6.54 Å². The second-order valence-electron chi connectivity index (χ2n) is 5.98. The predicted molar refractivity (Wildman–Crippen MR) is 85.6 cm³/mol. The maximum atomic E-state index is 12.1. The molecule has 6 nitrogen and oxygen atoms in total. The third kappa shape index (κ3) is 3.39. The zero-order valence-electron chi connectivity index (χ0n) is 13.2. The second-order valence-corrected chi connectivity index (χ2v) is 5.98. The van der Waals surface area contributed by atoms with Crippen LogP contribution in [-0.4, -0.2) is 32.7 Å². The van der Waals surface area contributed by atoms with Gasteiger partial charge in [-0.3, -0.25) is 9.36 Å². The fourth-order valence-corrected chi connectivity index (χ4v) is 2.35. The molecule has 1 heterocycles. The second kappa shape index (κ2) is 6.36. The number of hydrogen-bond acceptors (Lipinski definition) is 3. The first-order chi connectivity index (χ1) is 10.3. The Morgan fingerprint density at radius 1 is 1.45 bits per heavy atom. The highest BCUT2D eigenvalue weighted by atomic mass is 16.3. The van der Waals surface area contributed by atoms with Crippen molar-refractivity contribution in [2.45, 2.75) is 39.3 Å². The summed E-state index contributed by atoms with van der Waals surface area (Å²) in [4.78, 5) is 26.7. The van der Waals surface area contributed by atoms with Crippen molar-refractivity contribution in [3.63, 3.8) is 0 Å². The van der Waals surface area contributed by atoms with Crippen LogP contribution in [0, 0.1) is 5.92 Å². The molecule has 0 fully saturated rings. The smallest absolute Gasteiger partial charge is 0.326 e. The number of carbonyl (C=O) groups is 1. The van der Waals surface area contributed by atoms with E-state index in [1.54, 1.807) is 19.1 Å². The third-order valence-corrected chi connectivity index (χ3v) is 4.30. The highest BCUT2D eigenvalue weighted by Crippen LogP contribution is 2.18. The Bertz CT molecular complexity index is 715. The molecule has 0 spiro atoms. The van der Waals surface area contributed by atoms with Crippen LogP contribution in [-0.2, 0) is 11.3 Å². The molecule has 3 N–H and O–H groups in total. The Balaban J connectivity index is 2.06. The van der Waals surface area contributed by atoms with Gasteiger partial charge in [-0.1, -0.05) is 32.4 Å². The van der Waals surface area contributed by atoms with Gasteiger partial charge in [0.2, 0.25) is 5.91 Å². The molecule has 0 aliphatic rings. The summed E-state index contributed by atoms with van der Waals surface area (Å²) in [5.41, 5.74) is 0.114. The van der Waals surface area contributed by atoms with Crippen LogP contribution in [0.15, 0.2) is 29.1 Å². The Kier molecular flexibility index (Phi) is 4.71. The van der Waals surface area contributed by atoms with E-state index >= 15 is 0 Å². The number of aromatic amines is 1. The summed E-state index contributed by atoms with van der Waals surface area (Å²) >= 11 is 0. The largest absolute Gasteiger partial charge is 0.388 e. The van der Waals surface area contributed by atoms with E-state index in [1.165, 1.54) is 4.57 Å². The molecular formula is C16H23N3O3. The molecule has 22 heavy (non-hydrogen) atoms. The zero-order valence-corrected chi connectivity index (χ0v) is 13.2. The van der Waals surface area contributed by atoms with Crippen LogP contribution in [0.1, 0.15) is 27.2 Å². The molecule has 0 aliphatic heterocycles. The van der Waals surface area contributed by atoms with Crippen LogP contribution < -0.4 is 11.0 Å². The van der Waals surface area contributed by atoms with E-state index < -0.39 is 5.60 Å². The highest BCUT2D eigenvalue weighted by Gasteiger charge is 2.27. The fourth-order valence-electron chi connectivity index (χ4n) is 2.35. The van der Waals surface area contributed by atoms with Gasteiger partial charge in [0.15, 0.2) is 0 Å². The number of benzene rings is 1. The van der Waals surface area contributed by atoms with Crippen molar-refractivity contribution in [3.05, 3.63) is 34.7 Å². The molecule has 2 unspecified atom stereocenters. The number of aromatic nitrogens is 2. The summed E-state index contributed by atoms with van der Waals surface area (Å²) in [6.45, 7) is 5.74. The molecule has 2 rings (SSSR count). The summed E-state index contributed by atoms with van der Waals surface area (Å²) in [5, 5.41) is 13.0. The minimum absolute atomic E-state index is 0.0700. The number of nitrogens with one attached hydrogen (secondary N) is 2. The molecule has 120 valence electrons. The number of para-hydroxylation sites is 2. The molecule has 1 amide bonds. The molecule has 2 aromatic rings. The van der Waals surface area contributed by atoms with Crippen LogP contribution in [0.4, 0.5) is 0 Å². The topological polar surface area (TPSA) is 87.1 Å². The van der Waals surface area contributed by atoms with E-state index in [4.69, 9.17) is 0 Å². The van der Waals surface area contributed by atoms with E-state index in [0.717, 1.165) is 6.42 Å². The maximum Gasteiger partial charge on any atom is 0.326 e. The molecule has 0 radical (unpaired) electrons. The normalized spacial score (nSPS) is 15.5. The Morgan fingerprint density at radius 2 is 2.14 bits per heavy atom. The van der Waals surface area contributed by atoms with Crippen LogP contribution in [0.5, 0.6) is 0 Å². The van der Waals surface area contributed by atoms with Crippen LogP contribution >= 0.6 is 0 Å². The van der Waals surface area contributed by atoms with Gasteiger partial charge in [-0.2, -0.15) is 0 Å². The average molecular weight is 305 g/mol. The van der Waals surface area contributed by atoms with Crippen LogP contribution in [0.3, 0.4) is 0 Å². The van der Waals surface area contributed by atoms with Crippen molar-refractivity contribution >= 4 is 16.9 Å². The number of imidazole rings is 1. The molecule has 1 aromatic carbocycles. The maximum absolute atomic E-state index is 12.1. The number of aliphatic hydroxyl groups is 1. The Labute approximate surface area is 129 Å². The first-order valence-corrected chi connectivity index (χ1v) is 7.51. The monoisotopic (exact) mass is 305 g/mol. The van der Waals surface area contributed by atoms with Gasteiger partial charge in [0.1, 0.15) is 6.54 Å². The standard InChI is InChI=1S/C16H23N3O3/c1-4-11(2)16(3,22)10-17-14(20)9-19-13-8-6-5-7-12(13)18-15(19)21/h5-8,11,22H,4,9-10H2,1-3H3,(H,17,20)(H,18,21). The van der Waals surface area contributed by atoms with Gasteiger partial charge >= 0.3 is 5.69 Å². The number of nitrogens with zero attached hydrogens (tertiary/aromatic N) is 1. The molecular weight excluding hydrogens is 282 g/mol. The summed E-state index contributed by atoms with van der Waals surface area (Å²) in [5.74, 6) is -0.223. The third-order valence-electron chi connectivity index (χ3n) is 4.30. The lowest BCUT2D eigenvalue weighted by Gasteiger charge is -2.29. The van der Waals surface area contributed by atoms with Gasteiger partial charge in [-0.05, 0) is 25.0 Å². The zero-order chi connectivity index (χ0) is 16.3. The SMILES string of the molecule is CCC(C)C(C)(O)CNC(=O)Cn1c(=O)[nH]c2ccccc21. The highest BCUT2D eigenvalue weighted by molar-refractivity contribution is 5.80. The number of carbonyl (C=O) groups excluding carboxylic acids is 1. The quantitative estimate of drug-likeness (QED) is 0.750. The molecule has 0 saturated heterocycles. The average Bonchev–Trinajstić information content (AvgIpc) is 2.80. The van der Waals surface area contributed by atoms with Gasteiger partial charge in [0.25, 0.3) is 0 Å². The molecule has 2 atom stereocenters. The van der Waals surface area contributed by atoms with Crippen molar-refractivity contribution in [3.8, 4) is 0 Å². The van der Waals surface area contributed by atoms with Crippen molar-refractivity contribution in [1.82, 2.24) is 14.9 Å². The van der Waals surface area contributed by atoms with Crippen LogP contribution in [0.25, 0.3) is 11.0 Å². The van der Waals surface area contributed by atoms with Crippen molar-refractivity contribution in [2.24, 2.45) is 5.92 Å². The summed E-state index contributed by atoms with van der Waals surface area (Å²) in [7, 11) is 0. The lowest BCUT2D eigenvalue weighted by Crippen LogP contribution is -2.46. The van der Waals surface area contributed by atoms with Gasteiger partial charge in [-0.15, -0.1) is 0 Å². The lowest BCUT2D eigenvalue weighted by atomic mass is 9.89. The fraction of sp³-hybridized carbons (Fsp3) is 0.500. The molecule has 1 aromatic heterocycles. The van der Waals surface area contributed by atoms with Gasteiger partial charge < -0.3 is 15.4 Å². The molecule has 0 aliphatic carbocycles. The Morgan fingerprint density at radius 3 is 2.82 bits per heavy atom. The van der Waals surface area contributed by atoms with E-state index in [0.29, 0.717) is 11.0 Å². The van der Waals surface area contributed by atoms with E-state index in [1.807, 2.05) is 26.0 Å². The molecule has 0 saturated carbocycles. The number of fused-ring (bicyclic) bond motifs is 1. The van der Waals surface area contributed by atoms with E-state index in [-0.39, 0.29) is 30.6 Å². The summed E-state index contributed by atoms with van der Waals surface area (Å²) < 4.78 is 1.39. The van der Waals surface area contributed by atoms with Gasteiger partial charge in [0, 0.05) is 6.54 Å². The molecule has 6 heteroatoms. The van der Waals surface area contributed by atoms with Gasteiger partial charge in [-0.25, -0.2) is 4.79 Å². The molecule has 0 bridgehead atoms. The Hall–Kier alpha value is -2.08.